The predicted octanol–water partition coefficient (Wildman–Crippen LogP) is 9.72. The van der Waals surface area contributed by atoms with E-state index in [-0.39, 0.29) is 11.5 Å². The lowest BCUT2D eigenvalue weighted by Gasteiger charge is -2.27. The Labute approximate surface area is 239 Å². The lowest BCUT2D eigenvalue weighted by atomic mass is 9.77. The summed E-state index contributed by atoms with van der Waals surface area (Å²) in [5, 5.41) is 2.59. The highest BCUT2D eigenvalue weighted by molar-refractivity contribution is 6.17. The van der Waals surface area contributed by atoms with Gasteiger partial charge in [-0.2, -0.15) is 0 Å². The van der Waals surface area contributed by atoms with E-state index in [1.807, 2.05) is 0 Å². The average Bonchev–Trinajstić information content (AvgIpc) is 3.63. The van der Waals surface area contributed by atoms with Gasteiger partial charge in [0.2, 0.25) is 0 Å². The Morgan fingerprint density at radius 1 is 0.732 bits per heavy atom. The van der Waals surface area contributed by atoms with Crippen molar-refractivity contribution in [1.29, 1.82) is 0 Å². The van der Waals surface area contributed by atoms with Crippen molar-refractivity contribution in [2.24, 2.45) is 0 Å². The zero-order chi connectivity index (χ0) is 27.3. The van der Waals surface area contributed by atoms with E-state index in [4.69, 9.17) is 4.74 Å². The molecule has 9 rings (SSSR count). The number of hydrogen-bond acceptors (Lipinski definition) is 1. The lowest BCUT2D eigenvalue weighted by Crippen LogP contribution is -2.18. The lowest BCUT2D eigenvalue weighted by molar-refractivity contribution is 0.279. The molecule has 196 valence electrons. The molecule has 2 aliphatic carbocycles. The molecular formula is C39H29NO. The molecule has 0 N–H and O–H groups in total. The van der Waals surface area contributed by atoms with Crippen molar-refractivity contribution in [1.82, 2.24) is 4.57 Å². The number of allylic oxidation sites excluding steroid dienone is 2. The number of nitrogens with zero attached hydrogens (tertiary/aromatic N) is 1. The summed E-state index contributed by atoms with van der Waals surface area (Å²) < 4.78 is 8.83. The van der Waals surface area contributed by atoms with Crippen LogP contribution in [0.2, 0.25) is 0 Å². The monoisotopic (exact) mass is 527 g/mol. The first kappa shape index (κ1) is 22.9. The Kier molecular flexibility index (Phi) is 4.54. The number of fused-ring (bicyclic) bond motifs is 10. The fourth-order valence-electron chi connectivity index (χ4n) is 7.68. The Morgan fingerprint density at radius 2 is 1.46 bits per heavy atom. The summed E-state index contributed by atoms with van der Waals surface area (Å²) in [5.41, 5.74) is 14.3. The second-order valence-corrected chi connectivity index (χ2v) is 12.0. The van der Waals surface area contributed by atoms with Gasteiger partial charge in [-0.3, -0.25) is 0 Å². The minimum atomic E-state index is -0.145. The summed E-state index contributed by atoms with van der Waals surface area (Å²) in [7, 11) is 0. The first-order valence-electron chi connectivity index (χ1n) is 14.6. The van der Waals surface area contributed by atoms with Crippen LogP contribution < -0.4 is 4.74 Å². The van der Waals surface area contributed by atoms with E-state index >= 15 is 0 Å². The van der Waals surface area contributed by atoms with Crippen LogP contribution in [0.5, 0.6) is 5.75 Å². The van der Waals surface area contributed by atoms with Crippen molar-refractivity contribution in [3.05, 3.63) is 144 Å². The number of ether oxygens (including phenoxy) is 1. The highest BCUT2D eigenvalue weighted by atomic mass is 16.5. The van der Waals surface area contributed by atoms with Gasteiger partial charge in [-0.15, -0.1) is 0 Å². The third-order valence-electron chi connectivity index (χ3n) is 9.46. The topological polar surface area (TPSA) is 14.2 Å². The van der Waals surface area contributed by atoms with Crippen molar-refractivity contribution in [2.45, 2.75) is 31.8 Å². The molecule has 0 radical (unpaired) electrons. The first-order chi connectivity index (χ1) is 20.1. The van der Waals surface area contributed by atoms with Crippen LogP contribution in [0.25, 0.3) is 49.8 Å². The maximum Gasteiger partial charge on any atom is 0.128 e. The van der Waals surface area contributed by atoms with Crippen LogP contribution in [0.3, 0.4) is 0 Å². The van der Waals surface area contributed by atoms with Gasteiger partial charge < -0.3 is 9.30 Å². The predicted molar refractivity (Wildman–Crippen MR) is 170 cm³/mol. The maximum atomic E-state index is 6.34. The molecule has 6 aromatic rings. The zero-order valence-electron chi connectivity index (χ0n) is 23.2. The Bertz CT molecular complexity index is 2120. The summed E-state index contributed by atoms with van der Waals surface area (Å²) in [4.78, 5) is 0. The van der Waals surface area contributed by atoms with Gasteiger partial charge in [-0.1, -0.05) is 98.8 Å². The van der Waals surface area contributed by atoms with Crippen molar-refractivity contribution in [2.75, 3.05) is 0 Å². The van der Waals surface area contributed by atoms with Crippen LogP contribution >= 0.6 is 0 Å². The smallest absolute Gasteiger partial charge is 0.128 e. The van der Waals surface area contributed by atoms with E-state index in [0.29, 0.717) is 0 Å². The molecule has 2 heteroatoms. The summed E-state index contributed by atoms with van der Waals surface area (Å²) in [6.45, 7) is 4.80. The van der Waals surface area contributed by atoms with Crippen LogP contribution in [-0.2, 0) is 5.41 Å². The number of hydrogen-bond donors (Lipinski definition) is 0. The largest absolute Gasteiger partial charge is 0.485 e. The Hall–Kier alpha value is -4.82. The van der Waals surface area contributed by atoms with Crippen molar-refractivity contribution in [3.63, 3.8) is 0 Å². The second kappa shape index (κ2) is 8.11. The molecule has 1 atom stereocenters. The molecule has 0 amide bonds. The van der Waals surface area contributed by atoms with Crippen LogP contribution in [0.1, 0.15) is 42.5 Å². The van der Waals surface area contributed by atoms with E-state index in [1.54, 1.807) is 0 Å². The SMILES string of the molecule is CC1(C)c2ccccc2-c2c1c(C1=CCC3Oc4ccccc4C3=C1)cc1c3ccccc3n(-c3ccccc3)c21. The van der Waals surface area contributed by atoms with E-state index in [9.17, 15) is 0 Å². The van der Waals surface area contributed by atoms with Gasteiger partial charge in [0.25, 0.3) is 0 Å². The molecule has 41 heavy (non-hydrogen) atoms. The third kappa shape index (κ3) is 3.02. The van der Waals surface area contributed by atoms with E-state index in [1.165, 1.54) is 72.0 Å². The molecule has 1 aromatic heterocycles. The van der Waals surface area contributed by atoms with Crippen molar-refractivity contribution < 1.29 is 4.74 Å². The second-order valence-electron chi connectivity index (χ2n) is 12.0. The first-order valence-corrected chi connectivity index (χ1v) is 14.6. The standard InChI is InChI=1S/C39H29NO/c1-39(2)32-17-9-6-16-28(32)36-37(39)29(24-20-21-35-30(22-24)27-15-8-11-19-34(27)41-35)23-31-26-14-7-10-18-33(26)40(38(31)36)25-12-4-3-5-13-25/h3-20,22-23,35H,21H2,1-2H3. The molecule has 0 saturated heterocycles. The van der Waals surface area contributed by atoms with Gasteiger partial charge in [0.1, 0.15) is 11.9 Å². The number of benzene rings is 5. The molecule has 2 nitrogen and oxygen atoms in total. The Balaban J connectivity index is 1.42. The molecule has 1 aliphatic heterocycles. The summed E-state index contributed by atoms with van der Waals surface area (Å²) in [6, 6.07) is 39.7. The molecule has 0 saturated carbocycles. The van der Waals surface area contributed by atoms with Crippen LogP contribution in [-0.4, -0.2) is 10.7 Å². The van der Waals surface area contributed by atoms with Crippen LogP contribution in [0, 0.1) is 0 Å². The van der Waals surface area contributed by atoms with Crippen LogP contribution in [0.15, 0.2) is 121 Å². The number of rotatable bonds is 2. The van der Waals surface area contributed by atoms with E-state index in [2.05, 4.69) is 140 Å². The highest BCUT2D eigenvalue weighted by Crippen LogP contribution is 2.56. The molecular weight excluding hydrogens is 498 g/mol. The van der Waals surface area contributed by atoms with Crippen molar-refractivity contribution in [3.8, 4) is 22.6 Å². The molecule has 0 spiro atoms. The molecule has 3 aliphatic rings. The molecule has 0 fully saturated rings. The number of aromatic nitrogens is 1. The fourth-order valence-corrected chi connectivity index (χ4v) is 7.68. The van der Waals surface area contributed by atoms with E-state index < -0.39 is 0 Å². The summed E-state index contributed by atoms with van der Waals surface area (Å²) in [5.74, 6) is 0.998. The van der Waals surface area contributed by atoms with Gasteiger partial charge in [0.15, 0.2) is 0 Å². The quantitative estimate of drug-likeness (QED) is 0.219. The van der Waals surface area contributed by atoms with Crippen LogP contribution in [0.4, 0.5) is 0 Å². The average molecular weight is 528 g/mol. The van der Waals surface area contributed by atoms with E-state index in [0.717, 1.165) is 12.2 Å². The summed E-state index contributed by atoms with van der Waals surface area (Å²) in [6.07, 6.45) is 5.77. The maximum absolute atomic E-state index is 6.34. The minimum absolute atomic E-state index is 0.0955. The molecule has 1 unspecified atom stereocenters. The molecule has 0 bridgehead atoms. The fraction of sp³-hybridized carbons (Fsp3) is 0.128. The highest BCUT2D eigenvalue weighted by Gasteiger charge is 2.41. The molecule has 2 heterocycles. The minimum Gasteiger partial charge on any atom is -0.485 e. The molecule has 5 aromatic carbocycles. The number of para-hydroxylation sites is 3. The van der Waals surface area contributed by atoms with Gasteiger partial charge in [0.05, 0.1) is 11.0 Å². The Morgan fingerprint density at radius 3 is 2.34 bits per heavy atom. The normalized spacial score (nSPS) is 17.9. The zero-order valence-corrected chi connectivity index (χ0v) is 23.2. The van der Waals surface area contributed by atoms with Gasteiger partial charge in [-0.05, 0) is 64.2 Å². The van der Waals surface area contributed by atoms with Gasteiger partial charge >= 0.3 is 0 Å². The summed E-state index contributed by atoms with van der Waals surface area (Å²) >= 11 is 0. The van der Waals surface area contributed by atoms with Crippen molar-refractivity contribution >= 4 is 33.0 Å². The third-order valence-corrected chi connectivity index (χ3v) is 9.46. The van der Waals surface area contributed by atoms with Gasteiger partial charge in [0, 0.05) is 45.0 Å². The van der Waals surface area contributed by atoms with Gasteiger partial charge in [-0.25, -0.2) is 0 Å².